The maximum atomic E-state index is 13.6. The number of thiazole rings is 2. The van der Waals surface area contributed by atoms with E-state index in [0.717, 1.165) is 28.2 Å². The van der Waals surface area contributed by atoms with Crippen molar-refractivity contribution in [3.8, 4) is 11.3 Å². The normalized spacial score (nSPS) is 16.7. The Morgan fingerprint density at radius 2 is 1.73 bits per heavy atom. The molecule has 6 rings (SSSR count). The molecule has 0 unspecified atom stereocenters. The minimum atomic E-state index is -0.743. The third-order valence-corrected chi connectivity index (χ3v) is 8.97. The van der Waals surface area contributed by atoms with E-state index < -0.39 is 11.9 Å². The van der Waals surface area contributed by atoms with Crippen LogP contribution in [0.15, 0.2) is 82.4 Å². The van der Waals surface area contributed by atoms with Crippen LogP contribution in [-0.4, -0.2) is 75.4 Å². The van der Waals surface area contributed by atoms with E-state index in [9.17, 15) is 14.4 Å². The Morgan fingerprint density at radius 3 is 2.43 bits per heavy atom. The lowest BCUT2D eigenvalue weighted by molar-refractivity contribution is -0.143. The van der Waals surface area contributed by atoms with Crippen LogP contribution in [0.3, 0.4) is 0 Å². The second-order valence-corrected chi connectivity index (χ2v) is 12.0. The Hall–Kier alpha value is -4.79. The highest BCUT2D eigenvalue weighted by Crippen LogP contribution is 2.30. The number of hydrogen-bond acceptors (Lipinski definition) is 11. The Bertz CT molecular complexity index is 1710. The SMILES string of the molecule is O=C(NCCN1CCC(C(=O)O)CC1)c1cnc(N/N=C2/C(=O)N(c3nc(-c4ccccc4)cs3)N=C2c2ccccc2)s1. The van der Waals surface area contributed by atoms with Crippen molar-refractivity contribution in [2.75, 3.05) is 36.6 Å². The topological polar surface area (TPSA) is 152 Å². The van der Waals surface area contributed by atoms with Gasteiger partial charge in [-0.2, -0.15) is 15.2 Å². The highest BCUT2D eigenvalue weighted by Gasteiger charge is 2.36. The third kappa shape index (κ3) is 6.56. The van der Waals surface area contributed by atoms with Crippen molar-refractivity contribution in [2.24, 2.45) is 16.1 Å². The van der Waals surface area contributed by atoms with Crippen LogP contribution in [0.4, 0.5) is 10.3 Å². The molecule has 0 bridgehead atoms. The quantitative estimate of drug-likeness (QED) is 0.223. The van der Waals surface area contributed by atoms with Crippen LogP contribution in [0.1, 0.15) is 28.1 Å². The van der Waals surface area contributed by atoms with Crippen LogP contribution in [0, 0.1) is 5.92 Å². The predicted molar refractivity (Wildman–Crippen MR) is 170 cm³/mol. The Morgan fingerprint density at radius 1 is 1.02 bits per heavy atom. The molecule has 12 nitrogen and oxygen atoms in total. The molecule has 0 atom stereocenters. The number of aromatic nitrogens is 2. The molecule has 2 aromatic carbocycles. The fourth-order valence-corrected chi connectivity index (χ4v) is 6.33. The molecule has 44 heavy (non-hydrogen) atoms. The Balaban J connectivity index is 1.11. The number of nitrogens with zero attached hydrogens (tertiary/aromatic N) is 6. The van der Waals surface area contributed by atoms with Crippen molar-refractivity contribution in [2.45, 2.75) is 12.8 Å². The molecule has 1 fully saturated rings. The van der Waals surface area contributed by atoms with Crippen molar-refractivity contribution in [3.05, 3.63) is 82.7 Å². The summed E-state index contributed by atoms with van der Waals surface area (Å²) in [4.78, 5) is 48.9. The summed E-state index contributed by atoms with van der Waals surface area (Å²) in [6.07, 6.45) is 2.69. The lowest BCUT2D eigenvalue weighted by Crippen LogP contribution is -2.40. The molecule has 0 aliphatic carbocycles. The van der Waals surface area contributed by atoms with Crippen molar-refractivity contribution in [1.82, 2.24) is 20.2 Å². The minimum absolute atomic E-state index is 0.0977. The average molecular weight is 629 g/mol. The zero-order valence-corrected chi connectivity index (χ0v) is 25.1. The summed E-state index contributed by atoms with van der Waals surface area (Å²) in [5, 5.41) is 24.9. The number of likely N-dealkylation sites (tertiary alicyclic amines) is 1. The Kier molecular flexibility index (Phi) is 8.81. The summed E-state index contributed by atoms with van der Waals surface area (Å²) < 4.78 is 0. The van der Waals surface area contributed by atoms with Crippen LogP contribution in [-0.2, 0) is 9.59 Å². The van der Waals surface area contributed by atoms with Crippen molar-refractivity contribution in [1.29, 1.82) is 0 Å². The number of piperidine rings is 1. The fraction of sp³-hybridized carbons (Fsp3) is 0.233. The van der Waals surface area contributed by atoms with E-state index in [1.807, 2.05) is 66.0 Å². The van der Waals surface area contributed by atoms with E-state index in [-0.39, 0.29) is 17.5 Å². The van der Waals surface area contributed by atoms with Gasteiger partial charge in [0.2, 0.25) is 10.3 Å². The first kappa shape index (κ1) is 29.3. The van der Waals surface area contributed by atoms with Gasteiger partial charge < -0.3 is 15.3 Å². The van der Waals surface area contributed by atoms with Gasteiger partial charge in [-0.15, -0.1) is 11.3 Å². The van der Waals surface area contributed by atoms with Crippen LogP contribution in [0.2, 0.25) is 0 Å². The van der Waals surface area contributed by atoms with E-state index in [4.69, 9.17) is 5.11 Å². The molecule has 2 amide bonds. The molecule has 0 radical (unpaired) electrons. The van der Waals surface area contributed by atoms with E-state index in [2.05, 4.69) is 35.8 Å². The molecule has 1 saturated heterocycles. The summed E-state index contributed by atoms with van der Waals surface area (Å²) in [5.74, 6) is -1.73. The number of carboxylic acids is 1. The zero-order valence-electron chi connectivity index (χ0n) is 23.4. The van der Waals surface area contributed by atoms with Gasteiger partial charge in [0.25, 0.3) is 5.91 Å². The van der Waals surface area contributed by atoms with E-state index in [0.29, 0.717) is 59.9 Å². The van der Waals surface area contributed by atoms with E-state index in [1.165, 1.54) is 22.5 Å². The van der Waals surface area contributed by atoms with Crippen molar-refractivity contribution >= 4 is 62.1 Å². The van der Waals surface area contributed by atoms with Gasteiger partial charge in [0.15, 0.2) is 5.71 Å². The lowest BCUT2D eigenvalue weighted by atomic mass is 9.97. The second-order valence-electron chi connectivity index (χ2n) is 10.1. The number of nitrogens with one attached hydrogen (secondary N) is 2. The second kappa shape index (κ2) is 13.2. The van der Waals surface area contributed by atoms with Crippen molar-refractivity contribution < 1.29 is 19.5 Å². The number of amides is 2. The number of hydrogen-bond donors (Lipinski definition) is 3. The number of rotatable bonds is 10. The van der Waals surface area contributed by atoms with Gasteiger partial charge >= 0.3 is 11.9 Å². The number of hydrazone groups is 2. The number of carbonyl (C=O) groups excluding carboxylic acids is 2. The first-order valence-electron chi connectivity index (χ1n) is 14.0. The zero-order chi connectivity index (χ0) is 30.5. The van der Waals surface area contributed by atoms with Crippen LogP contribution in [0.25, 0.3) is 11.3 Å². The number of aliphatic carboxylic acids is 1. The van der Waals surface area contributed by atoms with Gasteiger partial charge in [-0.3, -0.25) is 19.8 Å². The standard InChI is InChI=1S/C30H28N8O4S2/c39-26(31-13-16-37-14-11-21(12-15-37)28(41)42)23-17-32-29(44-23)35-34-25-24(20-9-5-2-6-10-20)36-38(27(25)40)30-33-22(18-43-30)19-7-3-1-4-8-19/h1-10,17-18,21H,11-16H2,(H,31,39)(H,32,35)(H,41,42)/b34-25+. The fourth-order valence-electron chi connectivity index (χ4n) is 4.87. The molecule has 4 heterocycles. The summed E-state index contributed by atoms with van der Waals surface area (Å²) >= 11 is 2.43. The average Bonchev–Trinajstić information content (AvgIpc) is 3.80. The molecule has 2 aliphatic heterocycles. The molecular weight excluding hydrogens is 601 g/mol. The molecule has 2 aliphatic rings. The highest BCUT2D eigenvalue weighted by atomic mass is 32.1. The summed E-state index contributed by atoms with van der Waals surface area (Å²) in [5.41, 5.74) is 5.72. The molecule has 14 heteroatoms. The largest absolute Gasteiger partial charge is 0.481 e. The van der Waals surface area contributed by atoms with Gasteiger partial charge in [-0.05, 0) is 25.9 Å². The molecule has 3 N–H and O–H groups in total. The van der Waals surface area contributed by atoms with Crippen LogP contribution >= 0.6 is 22.7 Å². The molecular formula is C30H28N8O4S2. The van der Waals surface area contributed by atoms with Gasteiger partial charge in [-0.25, -0.2) is 9.97 Å². The maximum Gasteiger partial charge on any atom is 0.306 e. The first-order chi connectivity index (χ1) is 21.5. The smallest absolute Gasteiger partial charge is 0.306 e. The highest BCUT2D eigenvalue weighted by molar-refractivity contribution is 7.17. The number of benzene rings is 2. The van der Waals surface area contributed by atoms with Gasteiger partial charge in [0.05, 0.1) is 17.8 Å². The summed E-state index contributed by atoms with van der Waals surface area (Å²) in [6, 6.07) is 19.0. The van der Waals surface area contributed by atoms with Gasteiger partial charge in [-0.1, -0.05) is 72.0 Å². The molecule has 0 saturated carbocycles. The number of carboxylic acid groups (broad SMARTS) is 1. The van der Waals surface area contributed by atoms with Crippen LogP contribution in [0.5, 0.6) is 0 Å². The van der Waals surface area contributed by atoms with Crippen LogP contribution < -0.4 is 15.8 Å². The molecule has 4 aromatic rings. The predicted octanol–water partition coefficient (Wildman–Crippen LogP) is 4.01. The third-order valence-electron chi connectivity index (χ3n) is 7.25. The first-order valence-corrected chi connectivity index (χ1v) is 15.7. The summed E-state index contributed by atoms with van der Waals surface area (Å²) in [6.45, 7) is 2.47. The van der Waals surface area contributed by atoms with Gasteiger partial charge in [0, 0.05) is 29.6 Å². The van der Waals surface area contributed by atoms with E-state index >= 15 is 0 Å². The van der Waals surface area contributed by atoms with Crippen molar-refractivity contribution in [3.63, 3.8) is 0 Å². The molecule has 224 valence electrons. The minimum Gasteiger partial charge on any atom is -0.481 e. The molecule has 0 spiro atoms. The number of carbonyl (C=O) groups is 3. The monoisotopic (exact) mass is 628 g/mol. The Labute approximate surface area is 260 Å². The van der Waals surface area contributed by atoms with Gasteiger partial charge in [0.1, 0.15) is 10.6 Å². The maximum absolute atomic E-state index is 13.6. The molecule has 2 aromatic heterocycles. The lowest BCUT2D eigenvalue weighted by Gasteiger charge is -2.29. The number of anilines is 2. The summed E-state index contributed by atoms with van der Waals surface area (Å²) in [7, 11) is 0. The van der Waals surface area contributed by atoms with E-state index in [1.54, 1.807) is 0 Å².